The summed E-state index contributed by atoms with van der Waals surface area (Å²) in [5.41, 5.74) is 6.65. The molecule has 1 aromatic heterocycles. The molecule has 0 fully saturated rings. The highest BCUT2D eigenvalue weighted by atomic mass is 35.5. The second kappa shape index (κ2) is 8.59. The summed E-state index contributed by atoms with van der Waals surface area (Å²) in [6, 6.07) is 7.52. The molecule has 0 spiro atoms. The van der Waals surface area contributed by atoms with Crippen LogP contribution in [-0.4, -0.2) is 32.7 Å². The Hall–Kier alpha value is -2.45. The molecule has 136 valence electrons. The Bertz CT molecular complexity index is 726. The molecule has 2 rings (SSSR count). The fraction of sp³-hybridized carbons (Fsp3) is 0.375. The lowest BCUT2D eigenvalue weighted by Gasteiger charge is -2.26. The highest BCUT2D eigenvalue weighted by Crippen LogP contribution is 2.15. The summed E-state index contributed by atoms with van der Waals surface area (Å²) >= 11 is 0. The van der Waals surface area contributed by atoms with E-state index in [0.717, 1.165) is 12.8 Å². The van der Waals surface area contributed by atoms with Crippen LogP contribution in [0, 0.1) is 10.1 Å². The summed E-state index contributed by atoms with van der Waals surface area (Å²) in [4.78, 5) is 22.4. The summed E-state index contributed by atoms with van der Waals surface area (Å²) in [6.45, 7) is 4.35. The lowest BCUT2D eigenvalue weighted by Crippen LogP contribution is -2.49. The summed E-state index contributed by atoms with van der Waals surface area (Å²) in [5, 5.41) is 17.7. The van der Waals surface area contributed by atoms with Crippen molar-refractivity contribution < 1.29 is 9.72 Å². The SMILES string of the molecule is CCC(N)(CC)CNC(=O)c1ccn(-c2ccc([N+](=O)[O-])cc2)n1.Cl. The van der Waals surface area contributed by atoms with E-state index in [1.807, 2.05) is 13.8 Å². The maximum atomic E-state index is 12.2. The Kier molecular flexibility index (Phi) is 7.08. The number of hydrogen-bond donors (Lipinski definition) is 2. The number of halogens is 1. The van der Waals surface area contributed by atoms with Gasteiger partial charge in [0.1, 0.15) is 0 Å². The number of amides is 1. The van der Waals surface area contributed by atoms with Crippen molar-refractivity contribution in [2.45, 2.75) is 32.2 Å². The molecule has 0 aliphatic carbocycles. The highest BCUT2D eigenvalue weighted by molar-refractivity contribution is 5.92. The van der Waals surface area contributed by atoms with E-state index in [0.29, 0.717) is 12.2 Å². The summed E-state index contributed by atoms with van der Waals surface area (Å²) < 4.78 is 1.49. The number of carbonyl (C=O) groups excluding carboxylic acids is 1. The smallest absolute Gasteiger partial charge is 0.271 e. The average Bonchev–Trinajstić information content (AvgIpc) is 3.09. The van der Waals surface area contributed by atoms with E-state index in [2.05, 4.69) is 10.4 Å². The Morgan fingerprint density at radius 1 is 1.28 bits per heavy atom. The standard InChI is InChI=1S/C16H21N5O3.ClH/c1-3-16(17,4-2)11-18-15(22)14-9-10-20(19-14)12-5-7-13(8-6-12)21(23)24;/h5-10H,3-4,11,17H2,1-2H3,(H,18,22);1H. The fourth-order valence-corrected chi connectivity index (χ4v) is 2.16. The number of carbonyl (C=O) groups is 1. The first kappa shape index (κ1) is 20.6. The van der Waals surface area contributed by atoms with Gasteiger partial charge in [-0.05, 0) is 31.0 Å². The molecule has 0 bridgehead atoms. The van der Waals surface area contributed by atoms with Gasteiger partial charge in [-0.1, -0.05) is 13.8 Å². The van der Waals surface area contributed by atoms with Crippen molar-refractivity contribution in [1.29, 1.82) is 0 Å². The lowest BCUT2D eigenvalue weighted by atomic mass is 9.94. The van der Waals surface area contributed by atoms with E-state index < -0.39 is 10.5 Å². The van der Waals surface area contributed by atoms with Crippen LogP contribution < -0.4 is 11.1 Å². The molecule has 2 aromatic rings. The van der Waals surface area contributed by atoms with Crippen LogP contribution >= 0.6 is 12.4 Å². The Morgan fingerprint density at radius 3 is 2.40 bits per heavy atom. The van der Waals surface area contributed by atoms with Gasteiger partial charge in [0.05, 0.1) is 10.6 Å². The third kappa shape index (κ3) is 5.01. The molecule has 1 aromatic carbocycles. The number of nitrogens with one attached hydrogen (secondary N) is 1. The van der Waals surface area contributed by atoms with E-state index in [-0.39, 0.29) is 29.7 Å². The van der Waals surface area contributed by atoms with Crippen LogP contribution in [0.1, 0.15) is 37.2 Å². The number of aromatic nitrogens is 2. The first-order valence-corrected chi connectivity index (χ1v) is 7.76. The quantitative estimate of drug-likeness (QED) is 0.576. The van der Waals surface area contributed by atoms with Crippen molar-refractivity contribution in [3.05, 3.63) is 52.3 Å². The Morgan fingerprint density at radius 2 is 1.88 bits per heavy atom. The average molecular weight is 368 g/mol. The summed E-state index contributed by atoms with van der Waals surface area (Å²) in [7, 11) is 0. The number of nitrogens with two attached hydrogens (primary N) is 1. The summed E-state index contributed by atoms with van der Waals surface area (Å²) in [5.74, 6) is -0.299. The number of nitro groups is 1. The lowest BCUT2D eigenvalue weighted by molar-refractivity contribution is -0.384. The van der Waals surface area contributed by atoms with Crippen LogP contribution in [0.15, 0.2) is 36.5 Å². The van der Waals surface area contributed by atoms with Crippen molar-refractivity contribution in [2.75, 3.05) is 6.54 Å². The third-order valence-electron chi connectivity index (χ3n) is 4.16. The monoisotopic (exact) mass is 367 g/mol. The molecular formula is C16H22ClN5O3. The fourth-order valence-electron chi connectivity index (χ4n) is 2.16. The van der Waals surface area contributed by atoms with Crippen molar-refractivity contribution in [2.24, 2.45) is 5.73 Å². The maximum Gasteiger partial charge on any atom is 0.271 e. The predicted octanol–water partition coefficient (Wildman–Crippen LogP) is 2.45. The largest absolute Gasteiger partial charge is 0.349 e. The van der Waals surface area contributed by atoms with E-state index in [1.54, 1.807) is 24.4 Å². The molecule has 0 saturated carbocycles. The number of non-ortho nitro benzene ring substituents is 1. The van der Waals surface area contributed by atoms with E-state index in [4.69, 9.17) is 5.73 Å². The molecule has 9 heteroatoms. The molecule has 0 atom stereocenters. The molecule has 1 heterocycles. The minimum Gasteiger partial charge on any atom is -0.349 e. The van der Waals surface area contributed by atoms with Crippen LogP contribution in [0.3, 0.4) is 0 Å². The van der Waals surface area contributed by atoms with Gasteiger partial charge < -0.3 is 11.1 Å². The van der Waals surface area contributed by atoms with Crippen LogP contribution in [0.25, 0.3) is 5.69 Å². The number of rotatable bonds is 7. The summed E-state index contributed by atoms with van der Waals surface area (Å²) in [6.07, 6.45) is 3.16. The number of nitrogens with zero attached hydrogens (tertiary/aromatic N) is 3. The van der Waals surface area contributed by atoms with Gasteiger partial charge in [0.25, 0.3) is 11.6 Å². The van der Waals surface area contributed by atoms with Gasteiger partial charge in [-0.25, -0.2) is 4.68 Å². The zero-order valence-electron chi connectivity index (χ0n) is 14.1. The first-order valence-electron chi connectivity index (χ1n) is 7.76. The molecule has 0 saturated heterocycles. The van der Waals surface area contributed by atoms with E-state index in [1.165, 1.54) is 16.8 Å². The molecule has 0 aliphatic heterocycles. The van der Waals surface area contributed by atoms with Crippen molar-refractivity contribution in [3.8, 4) is 5.69 Å². The molecule has 3 N–H and O–H groups in total. The molecule has 0 aliphatic rings. The van der Waals surface area contributed by atoms with Crippen molar-refractivity contribution in [3.63, 3.8) is 0 Å². The Balaban J connectivity index is 0.00000312. The zero-order valence-corrected chi connectivity index (χ0v) is 15.0. The highest BCUT2D eigenvalue weighted by Gasteiger charge is 2.22. The normalized spacial score (nSPS) is 10.8. The first-order chi connectivity index (χ1) is 11.4. The van der Waals surface area contributed by atoms with Gasteiger partial charge in [0.15, 0.2) is 5.69 Å². The second-order valence-corrected chi connectivity index (χ2v) is 5.67. The van der Waals surface area contributed by atoms with Crippen molar-refractivity contribution in [1.82, 2.24) is 15.1 Å². The Labute approximate surface area is 152 Å². The van der Waals surface area contributed by atoms with Crippen LogP contribution in [0.4, 0.5) is 5.69 Å². The molecular weight excluding hydrogens is 346 g/mol. The minimum absolute atomic E-state index is 0. The zero-order chi connectivity index (χ0) is 17.7. The number of nitro benzene ring substituents is 1. The van der Waals surface area contributed by atoms with Crippen LogP contribution in [-0.2, 0) is 0 Å². The van der Waals surface area contributed by atoms with Crippen LogP contribution in [0.2, 0.25) is 0 Å². The number of hydrogen-bond acceptors (Lipinski definition) is 5. The molecule has 1 amide bonds. The van der Waals surface area contributed by atoms with Gasteiger partial charge >= 0.3 is 0 Å². The minimum atomic E-state index is -0.466. The van der Waals surface area contributed by atoms with E-state index >= 15 is 0 Å². The molecule has 25 heavy (non-hydrogen) atoms. The molecule has 0 radical (unpaired) electrons. The number of benzene rings is 1. The predicted molar refractivity (Wildman–Crippen MR) is 97.3 cm³/mol. The molecule has 8 nitrogen and oxygen atoms in total. The van der Waals surface area contributed by atoms with Crippen LogP contribution in [0.5, 0.6) is 0 Å². The van der Waals surface area contributed by atoms with Gasteiger partial charge in [0, 0.05) is 30.4 Å². The van der Waals surface area contributed by atoms with E-state index in [9.17, 15) is 14.9 Å². The van der Waals surface area contributed by atoms with Crippen molar-refractivity contribution >= 4 is 24.0 Å². The van der Waals surface area contributed by atoms with Gasteiger partial charge in [-0.15, -0.1) is 12.4 Å². The second-order valence-electron chi connectivity index (χ2n) is 5.67. The maximum absolute atomic E-state index is 12.2. The molecule has 0 unspecified atom stereocenters. The van der Waals surface area contributed by atoms with Gasteiger partial charge in [-0.2, -0.15) is 5.10 Å². The van der Waals surface area contributed by atoms with Gasteiger partial charge in [0.2, 0.25) is 0 Å². The topological polar surface area (TPSA) is 116 Å². The van der Waals surface area contributed by atoms with Gasteiger partial charge in [-0.3, -0.25) is 14.9 Å². The third-order valence-corrected chi connectivity index (χ3v) is 4.16.